The lowest BCUT2D eigenvalue weighted by Gasteiger charge is -2.46. The molecule has 0 saturated heterocycles. The van der Waals surface area contributed by atoms with E-state index in [0.29, 0.717) is 17.3 Å². The maximum absolute atomic E-state index is 3.73. The normalized spacial score (nSPS) is 18.5. The highest BCUT2D eigenvalue weighted by atomic mass is 79.9. The Labute approximate surface area is 114 Å². The third-order valence-electron chi connectivity index (χ3n) is 4.70. The van der Waals surface area contributed by atoms with Crippen molar-refractivity contribution < 1.29 is 0 Å². The van der Waals surface area contributed by atoms with Crippen LogP contribution in [-0.4, -0.2) is 0 Å². The minimum Gasteiger partial charge on any atom is -0.0619 e. The first kappa shape index (κ1) is 13.1. The number of hydrogen-bond donors (Lipinski definition) is 0. The number of fused-ring (bicyclic) bond motifs is 1. The van der Waals surface area contributed by atoms with Crippen molar-refractivity contribution in [1.29, 1.82) is 0 Å². The summed E-state index contributed by atoms with van der Waals surface area (Å²) in [5, 5.41) is 0. The van der Waals surface area contributed by atoms with Gasteiger partial charge in [-0.15, -0.1) is 0 Å². The molecule has 1 heteroatoms. The highest BCUT2D eigenvalue weighted by Gasteiger charge is 2.42. The standard InChI is InChI=1S/C16H23Br/c1-11(2)16(12(3)4)10-6-7-13-14(16)8-5-9-15(13)17/h5,8-9,11-12H,6-7,10H2,1-4H3. The van der Waals surface area contributed by atoms with Gasteiger partial charge in [0.05, 0.1) is 0 Å². The molecule has 2 rings (SSSR count). The van der Waals surface area contributed by atoms with Crippen LogP contribution in [0.4, 0.5) is 0 Å². The van der Waals surface area contributed by atoms with Crippen molar-refractivity contribution in [1.82, 2.24) is 0 Å². The summed E-state index contributed by atoms with van der Waals surface area (Å²) in [6, 6.07) is 6.75. The van der Waals surface area contributed by atoms with Crippen molar-refractivity contribution in [2.45, 2.75) is 52.4 Å². The fourth-order valence-corrected chi connectivity index (χ4v) is 4.37. The lowest BCUT2D eigenvalue weighted by atomic mass is 9.58. The second kappa shape index (κ2) is 4.76. The van der Waals surface area contributed by atoms with E-state index in [1.807, 2.05) is 0 Å². The van der Waals surface area contributed by atoms with Gasteiger partial charge in [0.1, 0.15) is 0 Å². The van der Waals surface area contributed by atoms with Crippen LogP contribution in [0.5, 0.6) is 0 Å². The van der Waals surface area contributed by atoms with E-state index in [9.17, 15) is 0 Å². The number of benzene rings is 1. The molecule has 1 aromatic carbocycles. The van der Waals surface area contributed by atoms with E-state index < -0.39 is 0 Å². The predicted molar refractivity (Wildman–Crippen MR) is 78.4 cm³/mol. The largest absolute Gasteiger partial charge is 0.0619 e. The van der Waals surface area contributed by atoms with Crippen molar-refractivity contribution in [2.75, 3.05) is 0 Å². The quantitative estimate of drug-likeness (QED) is 0.691. The molecule has 0 nitrogen and oxygen atoms in total. The summed E-state index contributed by atoms with van der Waals surface area (Å²) < 4.78 is 1.31. The minimum absolute atomic E-state index is 0.372. The Hall–Kier alpha value is -0.300. The zero-order valence-electron chi connectivity index (χ0n) is 11.4. The number of halogens is 1. The van der Waals surface area contributed by atoms with Crippen LogP contribution in [0.15, 0.2) is 22.7 Å². The van der Waals surface area contributed by atoms with E-state index in [-0.39, 0.29) is 0 Å². The fraction of sp³-hybridized carbons (Fsp3) is 0.625. The van der Waals surface area contributed by atoms with Gasteiger partial charge in [0.15, 0.2) is 0 Å². The third-order valence-corrected chi connectivity index (χ3v) is 5.44. The molecule has 0 fully saturated rings. The Kier molecular flexibility index (Phi) is 3.68. The Morgan fingerprint density at radius 1 is 1.12 bits per heavy atom. The highest BCUT2D eigenvalue weighted by Crippen LogP contribution is 2.49. The van der Waals surface area contributed by atoms with Gasteiger partial charge in [-0.3, -0.25) is 0 Å². The maximum Gasteiger partial charge on any atom is 0.0210 e. The topological polar surface area (TPSA) is 0 Å². The molecule has 1 aliphatic rings. The zero-order valence-corrected chi connectivity index (χ0v) is 13.0. The average molecular weight is 295 g/mol. The lowest BCUT2D eigenvalue weighted by molar-refractivity contribution is 0.185. The molecule has 17 heavy (non-hydrogen) atoms. The molecule has 0 unspecified atom stereocenters. The van der Waals surface area contributed by atoms with Crippen molar-refractivity contribution in [3.63, 3.8) is 0 Å². The molecule has 0 aliphatic heterocycles. The summed E-state index contributed by atoms with van der Waals surface area (Å²) in [5.74, 6) is 1.41. The van der Waals surface area contributed by atoms with Crippen LogP contribution in [-0.2, 0) is 11.8 Å². The van der Waals surface area contributed by atoms with Crippen molar-refractivity contribution >= 4 is 15.9 Å². The first-order valence-electron chi connectivity index (χ1n) is 6.78. The summed E-state index contributed by atoms with van der Waals surface area (Å²) in [7, 11) is 0. The molecule has 0 spiro atoms. The highest BCUT2D eigenvalue weighted by molar-refractivity contribution is 9.10. The Morgan fingerprint density at radius 3 is 2.35 bits per heavy atom. The van der Waals surface area contributed by atoms with E-state index in [4.69, 9.17) is 0 Å². The van der Waals surface area contributed by atoms with Crippen molar-refractivity contribution in [3.05, 3.63) is 33.8 Å². The van der Waals surface area contributed by atoms with Gasteiger partial charge in [-0.25, -0.2) is 0 Å². The fourth-order valence-electron chi connectivity index (χ4n) is 3.81. The van der Waals surface area contributed by atoms with Crippen LogP contribution in [0.25, 0.3) is 0 Å². The van der Waals surface area contributed by atoms with E-state index in [0.717, 1.165) is 0 Å². The second-order valence-electron chi connectivity index (χ2n) is 5.97. The molecular formula is C16H23Br. The average Bonchev–Trinajstić information content (AvgIpc) is 2.28. The minimum atomic E-state index is 0.372. The van der Waals surface area contributed by atoms with Crippen LogP contribution < -0.4 is 0 Å². The van der Waals surface area contributed by atoms with Gasteiger partial charge in [-0.2, -0.15) is 0 Å². The molecule has 1 aliphatic carbocycles. The van der Waals surface area contributed by atoms with Gasteiger partial charge in [0.25, 0.3) is 0 Å². The van der Waals surface area contributed by atoms with E-state index in [2.05, 4.69) is 61.8 Å². The van der Waals surface area contributed by atoms with E-state index in [1.54, 1.807) is 11.1 Å². The van der Waals surface area contributed by atoms with E-state index in [1.165, 1.54) is 23.7 Å². The lowest BCUT2D eigenvalue weighted by Crippen LogP contribution is -2.41. The van der Waals surface area contributed by atoms with Crippen molar-refractivity contribution in [3.8, 4) is 0 Å². The number of hydrogen-bond acceptors (Lipinski definition) is 0. The molecule has 0 atom stereocenters. The SMILES string of the molecule is CC(C)C1(C(C)C)CCCc2c(Br)cccc21. The molecule has 0 aromatic heterocycles. The second-order valence-corrected chi connectivity index (χ2v) is 6.82. The van der Waals surface area contributed by atoms with Gasteiger partial charge in [-0.1, -0.05) is 55.8 Å². The Morgan fingerprint density at radius 2 is 1.76 bits per heavy atom. The van der Waals surface area contributed by atoms with Gasteiger partial charge >= 0.3 is 0 Å². The molecule has 0 amide bonds. The first-order valence-corrected chi connectivity index (χ1v) is 7.57. The van der Waals surface area contributed by atoms with Crippen molar-refractivity contribution in [2.24, 2.45) is 11.8 Å². The Balaban J connectivity index is 2.63. The molecular weight excluding hydrogens is 272 g/mol. The van der Waals surface area contributed by atoms with Gasteiger partial charge in [0, 0.05) is 9.89 Å². The third kappa shape index (κ3) is 1.97. The molecule has 94 valence electrons. The van der Waals surface area contributed by atoms with Crippen LogP contribution in [0.2, 0.25) is 0 Å². The molecule has 1 aromatic rings. The predicted octanol–water partition coefficient (Wildman–Crippen LogP) is 5.34. The van der Waals surface area contributed by atoms with Gasteiger partial charge in [-0.05, 0) is 48.3 Å². The molecule has 0 N–H and O–H groups in total. The molecule has 0 saturated carbocycles. The van der Waals surface area contributed by atoms with Crippen LogP contribution in [0.3, 0.4) is 0 Å². The van der Waals surface area contributed by atoms with Gasteiger partial charge in [0.2, 0.25) is 0 Å². The van der Waals surface area contributed by atoms with Crippen LogP contribution in [0.1, 0.15) is 51.7 Å². The van der Waals surface area contributed by atoms with E-state index >= 15 is 0 Å². The molecule has 0 radical (unpaired) electrons. The maximum atomic E-state index is 3.73. The smallest absolute Gasteiger partial charge is 0.0210 e. The first-order chi connectivity index (χ1) is 8.00. The van der Waals surface area contributed by atoms with Crippen LogP contribution >= 0.6 is 15.9 Å². The summed E-state index contributed by atoms with van der Waals surface area (Å²) in [6.45, 7) is 9.54. The zero-order chi connectivity index (χ0) is 12.6. The van der Waals surface area contributed by atoms with Crippen LogP contribution in [0, 0.1) is 11.8 Å². The summed E-state index contributed by atoms with van der Waals surface area (Å²) in [5.41, 5.74) is 3.53. The summed E-state index contributed by atoms with van der Waals surface area (Å²) in [4.78, 5) is 0. The summed E-state index contributed by atoms with van der Waals surface area (Å²) in [6.07, 6.45) is 3.90. The number of rotatable bonds is 2. The Bertz CT molecular complexity index is 396. The molecule has 0 bridgehead atoms. The summed E-state index contributed by atoms with van der Waals surface area (Å²) >= 11 is 3.73. The van der Waals surface area contributed by atoms with Gasteiger partial charge < -0.3 is 0 Å². The molecule has 0 heterocycles. The monoisotopic (exact) mass is 294 g/mol.